The summed E-state index contributed by atoms with van der Waals surface area (Å²) in [5.74, 6) is 1.82. The van der Waals surface area contributed by atoms with Crippen LogP contribution in [0.2, 0.25) is 0 Å². The Kier molecular flexibility index (Phi) is 6.64. The molecule has 1 aromatic carbocycles. The van der Waals surface area contributed by atoms with E-state index in [2.05, 4.69) is 30.7 Å². The topological polar surface area (TPSA) is 59.6 Å². The Morgan fingerprint density at radius 2 is 2.20 bits per heavy atom. The van der Waals surface area contributed by atoms with Crippen molar-refractivity contribution in [1.82, 2.24) is 5.32 Å². The van der Waals surface area contributed by atoms with Crippen LogP contribution >= 0.6 is 0 Å². The Balaban J connectivity index is 2.53. The van der Waals surface area contributed by atoms with Crippen molar-refractivity contribution in [1.29, 1.82) is 0 Å². The molecule has 110 valence electrons. The van der Waals surface area contributed by atoms with Crippen molar-refractivity contribution in [2.24, 2.45) is 16.6 Å². The highest BCUT2D eigenvalue weighted by Crippen LogP contribution is 2.14. The van der Waals surface area contributed by atoms with E-state index in [1.165, 1.54) is 0 Å². The van der Waals surface area contributed by atoms with Gasteiger partial charge >= 0.3 is 0 Å². The summed E-state index contributed by atoms with van der Waals surface area (Å²) in [4.78, 5) is 4.29. The average molecular weight is 275 g/mol. The molecular formula is C16H25N3O. The summed E-state index contributed by atoms with van der Waals surface area (Å²) in [6, 6.07) is 7.94. The second-order valence-electron chi connectivity index (χ2n) is 5.36. The van der Waals surface area contributed by atoms with E-state index in [-0.39, 0.29) is 0 Å². The van der Waals surface area contributed by atoms with Crippen molar-refractivity contribution in [2.45, 2.75) is 27.3 Å². The second-order valence-corrected chi connectivity index (χ2v) is 5.36. The van der Waals surface area contributed by atoms with Crippen molar-refractivity contribution < 1.29 is 4.74 Å². The van der Waals surface area contributed by atoms with Crippen LogP contribution in [0, 0.1) is 5.92 Å². The summed E-state index contributed by atoms with van der Waals surface area (Å²) in [6.45, 7) is 11.9. The van der Waals surface area contributed by atoms with Crippen LogP contribution in [0.5, 0.6) is 5.75 Å². The lowest BCUT2D eigenvalue weighted by atomic mass is 10.2. The smallest absolute Gasteiger partial charge is 0.189 e. The lowest BCUT2D eigenvalue weighted by Gasteiger charge is -2.09. The fourth-order valence-corrected chi connectivity index (χ4v) is 1.47. The molecule has 0 heterocycles. The highest BCUT2D eigenvalue weighted by atomic mass is 16.5. The quantitative estimate of drug-likeness (QED) is 0.457. The van der Waals surface area contributed by atoms with Gasteiger partial charge in [-0.15, -0.1) is 0 Å². The van der Waals surface area contributed by atoms with Crippen LogP contribution in [0.4, 0.5) is 0 Å². The van der Waals surface area contributed by atoms with Crippen LogP contribution in [0.1, 0.15) is 26.3 Å². The van der Waals surface area contributed by atoms with Crippen molar-refractivity contribution in [3.63, 3.8) is 0 Å². The fourth-order valence-electron chi connectivity index (χ4n) is 1.47. The molecule has 3 N–H and O–H groups in total. The van der Waals surface area contributed by atoms with Crippen molar-refractivity contribution in [2.75, 3.05) is 13.2 Å². The molecule has 0 aliphatic heterocycles. The van der Waals surface area contributed by atoms with Crippen LogP contribution in [-0.4, -0.2) is 19.1 Å². The third kappa shape index (κ3) is 6.83. The Morgan fingerprint density at radius 3 is 2.85 bits per heavy atom. The van der Waals surface area contributed by atoms with E-state index >= 15 is 0 Å². The summed E-state index contributed by atoms with van der Waals surface area (Å²) in [6.07, 6.45) is 0. The molecule has 4 heteroatoms. The van der Waals surface area contributed by atoms with Crippen molar-refractivity contribution >= 4 is 5.96 Å². The van der Waals surface area contributed by atoms with Crippen LogP contribution in [-0.2, 0) is 6.54 Å². The zero-order chi connectivity index (χ0) is 15.0. The van der Waals surface area contributed by atoms with Gasteiger partial charge in [-0.1, -0.05) is 38.1 Å². The molecular weight excluding hydrogens is 250 g/mol. The first kappa shape index (κ1) is 16.1. The zero-order valence-corrected chi connectivity index (χ0v) is 12.6. The zero-order valence-electron chi connectivity index (χ0n) is 12.6. The van der Waals surface area contributed by atoms with Crippen LogP contribution < -0.4 is 15.8 Å². The van der Waals surface area contributed by atoms with Gasteiger partial charge in [-0.2, -0.15) is 0 Å². The van der Waals surface area contributed by atoms with Crippen LogP contribution in [0.15, 0.2) is 41.4 Å². The molecule has 0 unspecified atom stereocenters. The number of hydrogen-bond acceptors (Lipinski definition) is 2. The summed E-state index contributed by atoms with van der Waals surface area (Å²) >= 11 is 0. The summed E-state index contributed by atoms with van der Waals surface area (Å²) in [7, 11) is 0. The minimum Gasteiger partial charge on any atom is -0.493 e. The lowest BCUT2D eigenvalue weighted by molar-refractivity contribution is 0.271. The number of rotatable bonds is 7. The molecule has 0 saturated heterocycles. The molecule has 0 saturated carbocycles. The number of benzene rings is 1. The normalized spacial score (nSPS) is 11.5. The van der Waals surface area contributed by atoms with Gasteiger partial charge in [0.05, 0.1) is 13.2 Å². The van der Waals surface area contributed by atoms with E-state index in [0.29, 0.717) is 25.0 Å². The highest BCUT2D eigenvalue weighted by molar-refractivity contribution is 5.78. The maximum absolute atomic E-state index is 5.77. The van der Waals surface area contributed by atoms with Gasteiger partial charge in [-0.25, -0.2) is 4.99 Å². The molecule has 0 aliphatic rings. The van der Waals surface area contributed by atoms with Crippen molar-refractivity contribution in [3.05, 3.63) is 42.0 Å². The third-order valence-electron chi connectivity index (χ3n) is 2.49. The van der Waals surface area contributed by atoms with E-state index in [4.69, 9.17) is 10.5 Å². The van der Waals surface area contributed by atoms with E-state index in [1.54, 1.807) is 0 Å². The summed E-state index contributed by atoms with van der Waals surface area (Å²) in [5.41, 5.74) is 7.87. The molecule has 1 rings (SSSR count). The summed E-state index contributed by atoms with van der Waals surface area (Å²) < 4.78 is 5.69. The minimum atomic E-state index is 0.432. The van der Waals surface area contributed by atoms with Crippen LogP contribution in [0.3, 0.4) is 0 Å². The van der Waals surface area contributed by atoms with Gasteiger partial charge in [0.2, 0.25) is 0 Å². The standard InChI is InChI=1S/C16H25N3O/c1-12(2)9-18-16(17)19-10-14-6-5-7-15(8-14)20-11-13(3)4/h5-8,13H,1,9-11H2,2-4H3,(H3,17,18,19). The van der Waals surface area contributed by atoms with Gasteiger partial charge in [0.1, 0.15) is 5.75 Å². The number of hydrogen-bond donors (Lipinski definition) is 2. The fraction of sp³-hybridized carbons (Fsp3) is 0.438. The molecule has 0 aromatic heterocycles. The molecule has 0 fully saturated rings. The predicted octanol–water partition coefficient (Wildman–Crippen LogP) is 2.70. The first-order valence-corrected chi connectivity index (χ1v) is 6.87. The molecule has 4 nitrogen and oxygen atoms in total. The molecule has 0 aliphatic carbocycles. The molecule has 20 heavy (non-hydrogen) atoms. The monoisotopic (exact) mass is 275 g/mol. The number of guanidine groups is 1. The number of nitrogens with zero attached hydrogens (tertiary/aromatic N) is 1. The number of nitrogens with one attached hydrogen (secondary N) is 1. The first-order valence-electron chi connectivity index (χ1n) is 6.87. The van der Waals surface area contributed by atoms with Gasteiger partial charge in [-0.05, 0) is 30.5 Å². The molecule has 0 bridgehead atoms. The van der Waals surface area contributed by atoms with Gasteiger partial charge in [0.25, 0.3) is 0 Å². The van der Waals surface area contributed by atoms with E-state index in [1.807, 2.05) is 31.2 Å². The molecule has 0 radical (unpaired) electrons. The van der Waals surface area contributed by atoms with Gasteiger partial charge in [0.15, 0.2) is 5.96 Å². The number of aliphatic imine (C=N–C) groups is 1. The minimum absolute atomic E-state index is 0.432. The first-order chi connectivity index (χ1) is 9.47. The summed E-state index contributed by atoms with van der Waals surface area (Å²) in [5, 5.41) is 3.00. The lowest BCUT2D eigenvalue weighted by Crippen LogP contribution is -2.32. The van der Waals surface area contributed by atoms with Gasteiger partial charge in [-0.3, -0.25) is 0 Å². The van der Waals surface area contributed by atoms with E-state index < -0.39 is 0 Å². The maximum Gasteiger partial charge on any atom is 0.189 e. The maximum atomic E-state index is 5.77. The SMILES string of the molecule is C=C(C)CNC(N)=NCc1cccc(OCC(C)C)c1. The second kappa shape index (κ2) is 8.25. The predicted molar refractivity (Wildman–Crippen MR) is 84.9 cm³/mol. The molecule has 0 atom stereocenters. The third-order valence-corrected chi connectivity index (χ3v) is 2.49. The Morgan fingerprint density at radius 1 is 1.45 bits per heavy atom. The highest BCUT2D eigenvalue weighted by Gasteiger charge is 1.99. The van der Waals surface area contributed by atoms with Gasteiger partial charge in [0, 0.05) is 6.54 Å². The van der Waals surface area contributed by atoms with E-state index in [9.17, 15) is 0 Å². The molecule has 1 aromatic rings. The van der Waals surface area contributed by atoms with Crippen LogP contribution in [0.25, 0.3) is 0 Å². The Bertz CT molecular complexity index is 467. The van der Waals surface area contributed by atoms with Gasteiger partial charge < -0.3 is 15.8 Å². The largest absolute Gasteiger partial charge is 0.493 e. The number of nitrogens with two attached hydrogens (primary N) is 1. The average Bonchev–Trinajstić information content (AvgIpc) is 2.41. The van der Waals surface area contributed by atoms with Crippen molar-refractivity contribution in [3.8, 4) is 5.75 Å². The number of ether oxygens (including phenoxy) is 1. The Labute approximate surface area is 121 Å². The van der Waals surface area contributed by atoms with E-state index in [0.717, 1.165) is 23.5 Å². The Hall–Kier alpha value is -1.97. The molecule has 0 amide bonds. The molecule has 0 spiro atoms.